The first kappa shape index (κ1) is 12.9. The van der Waals surface area contributed by atoms with Crippen molar-refractivity contribution < 1.29 is 4.90 Å². The number of rotatable bonds is 2. The fourth-order valence-electron chi connectivity index (χ4n) is 2.28. The van der Waals surface area contributed by atoms with Gasteiger partial charge in [-0.2, -0.15) is 0 Å². The van der Waals surface area contributed by atoms with Gasteiger partial charge in [-0.05, 0) is 6.07 Å². The van der Waals surface area contributed by atoms with E-state index in [0.717, 1.165) is 34.5 Å². The summed E-state index contributed by atoms with van der Waals surface area (Å²) in [6.45, 7) is 4.53. The number of piperazine rings is 1. The van der Waals surface area contributed by atoms with Gasteiger partial charge in [-0.3, -0.25) is 0 Å². The molecule has 0 aliphatic carbocycles. The highest BCUT2D eigenvalue weighted by Gasteiger charge is 2.19. The Kier molecular flexibility index (Phi) is 3.73. The number of hydrogen-bond donors (Lipinski definition) is 1. The third-order valence-electron chi connectivity index (χ3n) is 3.53. The van der Waals surface area contributed by atoms with E-state index in [4.69, 9.17) is 16.6 Å². The Morgan fingerprint density at radius 1 is 1.26 bits per heavy atom. The number of benzene rings is 1. The normalized spacial score (nSPS) is 16.8. The van der Waals surface area contributed by atoms with Gasteiger partial charge in [-0.1, -0.05) is 29.8 Å². The van der Waals surface area contributed by atoms with Crippen LogP contribution < -0.4 is 9.80 Å². The topological polar surface area (TPSA) is 20.6 Å². The summed E-state index contributed by atoms with van der Waals surface area (Å²) in [6, 6.07) is 7.88. The molecule has 0 saturated carbocycles. The van der Waals surface area contributed by atoms with Crippen LogP contribution in [0, 0.1) is 0 Å². The molecule has 19 heavy (non-hydrogen) atoms. The van der Waals surface area contributed by atoms with Gasteiger partial charge in [0.15, 0.2) is 5.13 Å². The summed E-state index contributed by atoms with van der Waals surface area (Å²) in [5, 5.41) is 3.98. The molecule has 1 saturated heterocycles. The van der Waals surface area contributed by atoms with Crippen molar-refractivity contribution >= 4 is 28.1 Å². The minimum Gasteiger partial charge on any atom is -0.337 e. The van der Waals surface area contributed by atoms with Crippen molar-refractivity contribution in [3.63, 3.8) is 0 Å². The summed E-state index contributed by atoms with van der Waals surface area (Å²) in [5.74, 6) is 0. The van der Waals surface area contributed by atoms with Gasteiger partial charge in [0.2, 0.25) is 0 Å². The van der Waals surface area contributed by atoms with Crippen molar-refractivity contribution in [1.29, 1.82) is 0 Å². The van der Waals surface area contributed by atoms with E-state index in [-0.39, 0.29) is 0 Å². The first-order chi connectivity index (χ1) is 9.24. The highest BCUT2D eigenvalue weighted by Crippen LogP contribution is 2.31. The van der Waals surface area contributed by atoms with Gasteiger partial charge in [0.25, 0.3) is 0 Å². The van der Waals surface area contributed by atoms with Gasteiger partial charge in [-0.15, -0.1) is 11.3 Å². The van der Waals surface area contributed by atoms with Gasteiger partial charge in [0, 0.05) is 16.0 Å². The Bertz CT molecular complexity index is 561. The van der Waals surface area contributed by atoms with E-state index < -0.39 is 0 Å². The first-order valence-corrected chi connectivity index (χ1v) is 7.76. The number of nitrogens with one attached hydrogen (secondary N) is 1. The highest BCUT2D eigenvalue weighted by atomic mass is 35.5. The standard InChI is InChI=1S/C14H16ClN3S/c1-17-6-8-18(9-7-17)14-16-13(10-19-14)11-4-2-3-5-12(11)15/h2-5,10H,6-9H2,1H3/p+1. The van der Waals surface area contributed by atoms with Crippen molar-refractivity contribution in [3.05, 3.63) is 34.7 Å². The minimum absolute atomic E-state index is 0.766. The average Bonchev–Trinajstić information content (AvgIpc) is 2.89. The number of thiazole rings is 1. The fraction of sp³-hybridized carbons (Fsp3) is 0.357. The zero-order valence-corrected chi connectivity index (χ0v) is 12.5. The van der Waals surface area contributed by atoms with Crippen molar-refractivity contribution in [3.8, 4) is 11.3 Å². The molecular formula is C14H17ClN3S+. The molecule has 1 aromatic heterocycles. The van der Waals surface area contributed by atoms with Gasteiger partial charge in [-0.25, -0.2) is 4.98 Å². The van der Waals surface area contributed by atoms with Gasteiger partial charge in [0.05, 0.1) is 38.9 Å². The summed E-state index contributed by atoms with van der Waals surface area (Å²) >= 11 is 7.93. The first-order valence-electron chi connectivity index (χ1n) is 6.51. The second-order valence-electron chi connectivity index (χ2n) is 4.94. The molecule has 1 fully saturated rings. The number of aromatic nitrogens is 1. The van der Waals surface area contributed by atoms with Crippen LogP contribution in [0.4, 0.5) is 5.13 Å². The molecule has 0 unspecified atom stereocenters. The largest absolute Gasteiger partial charge is 0.337 e. The van der Waals surface area contributed by atoms with Gasteiger partial charge >= 0.3 is 0 Å². The van der Waals surface area contributed by atoms with E-state index in [0.29, 0.717) is 0 Å². The predicted octanol–water partition coefficient (Wildman–Crippen LogP) is 1.80. The van der Waals surface area contributed by atoms with Crippen molar-refractivity contribution in [1.82, 2.24) is 4.98 Å². The van der Waals surface area contributed by atoms with E-state index in [2.05, 4.69) is 17.3 Å². The molecule has 1 N–H and O–H groups in total. The van der Waals surface area contributed by atoms with Crippen molar-refractivity contribution in [2.75, 3.05) is 38.1 Å². The molecule has 100 valence electrons. The summed E-state index contributed by atoms with van der Waals surface area (Å²) in [5.41, 5.74) is 2.00. The smallest absolute Gasteiger partial charge is 0.186 e. The maximum absolute atomic E-state index is 6.22. The van der Waals surface area contributed by atoms with Gasteiger partial charge < -0.3 is 9.80 Å². The monoisotopic (exact) mass is 294 g/mol. The molecule has 0 spiro atoms. The lowest BCUT2D eigenvalue weighted by atomic mass is 10.2. The van der Waals surface area contributed by atoms with E-state index in [1.165, 1.54) is 13.1 Å². The number of hydrogen-bond acceptors (Lipinski definition) is 3. The Morgan fingerprint density at radius 3 is 2.74 bits per heavy atom. The third-order valence-corrected chi connectivity index (χ3v) is 4.76. The average molecular weight is 295 g/mol. The van der Waals surface area contributed by atoms with E-state index >= 15 is 0 Å². The van der Waals surface area contributed by atoms with E-state index in [1.807, 2.05) is 24.3 Å². The Labute approximate surface area is 122 Å². The van der Waals surface area contributed by atoms with Crippen molar-refractivity contribution in [2.45, 2.75) is 0 Å². The van der Waals surface area contributed by atoms with Crippen LogP contribution in [-0.2, 0) is 0 Å². The molecule has 5 heteroatoms. The Morgan fingerprint density at radius 2 is 2.00 bits per heavy atom. The quantitative estimate of drug-likeness (QED) is 0.912. The van der Waals surface area contributed by atoms with Crippen LogP contribution in [0.3, 0.4) is 0 Å². The zero-order valence-electron chi connectivity index (χ0n) is 10.9. The van der Waals surface area contributed by atoms with Crippen LogP contribution in [0.15, 0.2) is 29.6 Å². The third kappa shape index (κ3) is 2.76. The molecule has 1 aliphatic rings. The minimum atomic E-state index is 0.766. The molecule has 0 radical (unpaired) electrons. The lowest BCUT2D eigenvalue weighted by molar-refractivity contribution is -0.880. The van der Waals surface area contributed by atoms with Crippen LogP contribution in [-0.4, -0.2) is 38.2 Å². The van der Waals surface area contributed by atoms with Crippen LogP contribution in [0.1, 0.15) is 0 Å². The molecule has 2 aromatic rings. The molecule has 0 atom stereocenters. The van der Waals surface area contributed by atoms with Gasteiger partial charge in [0.1, 0.15) is 0 Å². The SMILES string of the molecule is C[NH+]1CCN(c2nc(-c3ccccc3Cl)cs2)CC1. The summed E-state index contributed by atoms with van der Waals surface area (Å²) in [6.07, 6.45) is 0. The maximum atomic E-state index is 6.22. The zero-order chi connectivity index (χ0) is 13.2. The molecule has 3 nitrogen and oxygen atoms in total. The summed E-state index contributed by atoms with van der Waals surface area (Å²) < 4.78 is 0. The molecule has 2 heterocycles. The number of nitrogens with zero attached hydrogens (tertiary/aromatic N) is 2. The van der Waals surface area contributed by atoms with Crippen LogP contribution in [0.25, 0.3) is 11.3 Å². The van der Waals surface area contributed by atoms with Crippen molar-refractivity contribution in [2.24, 2.45) is 0 Å². The molecule has 0 bridgehead atoms. The fourth-order valence-corrected chi connectivity index (χ4v) is 3.39. The molecule has 1 aliphatic heterocycles. The van der Waals surface area contributed by atoms with Crippen LogP contribution >= 0.6 is 22.9 Å². The highest BCUT2D eigenvalue weighted by molar-refractivity contribution is 7.14. The summed E-state index contributed by atoms with van der Waals surface area (Å²) in [4.78, 5) is 8.71. The number of anilines is 1. The Hall–Kier alpha value is -1.10. The van der Waals surface area contributed by atoms with E-state index in [1.54, 1.807) is 16.2 Å². The lowest BCUT2D eigenvalue weighted by Gasteiger charge is -2.29. The molecule has 0 amide bonds. The second-order valence-corrected chi connectivity index (χ2v) is 6.18. The predicted molar refractivity (Wildman–Crippen MR) is 81.4 cm³/mol. The molecular weight excluding hydrogens is 278 g/mol. The van der Waals surface area contributed by atoms with E-state index in [9.17, 15) is 0 Å². The number of halogens is 1. The lowest BCUT2D eigenvalue weighted by Crippen LogP contribution is -3.12. The Balaban J connectivity index is 1.82. The second kappa shape index (κ2) is 5.49. The number of likely N-dealkylation sites (N-methyl/N-ethyl adjacent to an activating group) is 1. The number of quaternary nitrogens is 1. The maximum Gasteiger partial charge on any atom is 0.186 e. The van der Waals surface area contributed by atoms with Crippen LogP contribution in [0.2, 0.25) is 5.02 Å². The summed E-state index contributed by atoms with van der Waals surface area (Å²) in [7, 11) is 2.24. The molecule has 3 rings (SSSR count). The van der Waals surface area contributed by atoms with Crippen LogP contribution in [0.5, 0.6) is 0 Å². The molecule has 1 aromatic carbocycles.